The van der Waals surface area contributed by atoms with Crippen LogP contribution in [0.5, 0.6) is 0 Å². The zero-order valence-corrected chi connectivity index (χ0v) is 11.4. The SMILES string of the molecule is COCC(NC(=O)N1CC(=O)NC(=O)C1(C)C)C(=O)O. The van der Waals surface area contributed by atoms with Crippen molar-refractivity contribution >= 4 is 23.8 Å². The Morgan fingerprint density at radius 1 is 1.50 bits per heavy atom. The van der Waals surface area contributed by atoms with Gasteiger partial charge < -0.3 is 20.1 Å². The lowest BCUT2D eigenvalue weighted by atomic mass is 9.99. The summed E-state index contributed by atoms with van der Waals surface area (Å²) in [5, 5.41) is 13.3. The second-order valence-corrected chi connectivity index (χ2v) is 4.82. The summed E-state index contributed by atoms with van der Waals surface area (Å²) in [6.07, 6.45) is 0. The van der Waals surface area contributed by atoms with Gasteiger partial charge in [-0.05, 0) is 13.8 Å². The number of carbonyl (C=O) groups excluding carboxylic acids is 3. The molecule has 1 aliphatic heterocycles. The molecule has 1 aliphatic rings. The number of piperazine rings is 1. The molecule has 9 heteroatoms. The molecule has 20 heavy (non-hydrogen) atoms. The van der Waals surface area contributed by atoms with E-state index in [-0.39, 0.29) is 13.2 Å². The number of ether oxygens (including phenoxy) is 1. The van der Waals surface area contributed by atoms with Crippen molar-refractivity contribution in [2.75, 3.05) is 20.3 Å². The van der Waals surface area contributed by atoms with Crippen LogP contribution in [0.15, 0.2) is 0 Å². The fourth-order valence-corrected chi connectivity index (χ4v) is 1.68. The Bertz CT molecular complexity index is 447. The Hall–Kier alpha value is -2.16. The highest BCUT2D eigenvalue weighted by Gasteiger charge is 2.44. The number of urea groups is 1. The lowest BCUT2D eigenvalue weighted by Gasteiger charge is -2.40. The van der Waals surface area contributed by atoms with Gasteiger partial charge in [-0.2, -0.15) is 0 Å². The number of amides is 4. The smallest absolute Gasteiger partial charge is 0.328 e. The molecule has 1 fully saturated rings. The lowest BCUT2D eigenvalue weighted by molar-refractivity contribution is -0.142. The fourth-order valence-electron chi connectivity index (χ4n) is 1.68. The number of aliphatic carboxylic acids is 1. The number of methoxy groups -OCH3 is 1. The molecule has 0 bridgehead atoms. The maximum absolute atomic E-state index is 12.1. The molecular formula is C11H17N3O6. The number of carboxylic acids is 1. The Morgan fingerprint density at radius 2 is 2.10 bits per heavy atom. The molecule has 0 aromatic carbocycles. The van der Waals surface area contributed by atoms with Crippen LogP contribution < -0.4 is 10.6 Å². The lowest BCUT2D eigenvalue weighted by Crippen LogP contribution is -2.68. The van der Waals surface area contributed by atoms with Gasteiger partial charge in [-0.25, -0.2) is 9.59 Å². The van der Waals surface area contributed by atoms with Gasteiger partial charge in [0.2, 0.25) is 5.91 Å². The van der Waals surface area contributed by atoms with E-state index in [1.165, 1.54) is 21.0 Å². The van der Waals surface area contributed by atoms with Crippen molar-refractivity contribution in [2.45, 2.75) is 25.4 Å². The van der Waals surface area contributed by atoms with E-state index in [0.717, 1.165) is 4.90 Å². The third-order valence-corrected chi connectivity index (χ3v) is 2.96. The van der Waals surface area contributed by atoms with Crippen LogP contribution in [0.3, 0.4) is 0 Å². The number of nitrogens with zero attached hydrogens (tertiary/aromatic N) is 1. The summed E-state index contributed by atoms with van der Waals surface area (Å²) < 4.78 is 4.69. The van der Waals surface area contributed by atoms with Gasteiger partial charge in [0.05, 0.1) is 6.61 Å². The van der Waals surface area contributed by atoms with Gasteiger partial charge in [-0.15, -0.1) is 0 Å². The Balaban J connectivity index is 2.86. The second kappa shape index (κ2) is 5.87. The summed E-state index contributed by atoms with van der Waals surface area (Å²) in [4.78, 5) is 47.0. The fraction of sp³-hybridized carbons (Fsp3) is 0.636. The summed E-state index contributed by atoms with van der Waals surface area (Å²) in [5.74, 6) is -2.52. The normalized spacial score (nSPS) is 19.2. The molecule has 3 N–H and O–H groups in total. The van der Waals surface area contributed by atoms with Gasteiger partial charge >= 0.3 is 12.0 Å². The van der Waals surface area contributed by atoms with Crippen LogP contribution >= 0.6 is 0 Å². The van der Waals surface area contributed by atoms with Crippen LogP contribution in [-0.2, 0) is 19.1 Å². The maximum atomic E-state index is 12.1. The summed E-state index contributed by atoms with van der Waals surface area (Å²) in [5.41, 5.74) is -1.26. The molecule has 1 atom stereocenters. The van der Waals surface area contributed by atoms with Crippen LogP contribution in [0, 0.1) is 0 Å². The van der Waals surface area contributed by atoms with Crippen molar-refractivity contribution in [1.82, 2.24) is 15.5 Å². The van der Waals surface area contributed by atoms with Gasteiger partial charge in [-0.1, -0.05) is 0 Å². The van der Waals surface area contributed by atoms with Crippen molar-refractivity contribution in [1.29, 1.82) is 0 Å². The largest absolute Gasteiger partial charge is 0.480 e. The molecule has 0 aromatic heterocycles. The molecule has 0 radical (unpaired) electrons. The summed E-state index contributed by atoms with van der Waals surface area (Å²) in [6, 6.07) is -2.08. The predicted molar refractivity (Wildman–Crippen MR) is 65.8 cm³/mol. The first kappa shape index (κ1) is 15.9. The summed E-state index contributed by atoms with van der Waals surface area (Å²) in [6.45, 7) is 2.36. The average Bonchev–Trinajstić information content (AvgIpc) is 2.33. The van der Waals surface area contributed by atoms with E-state index >= 15 is 0 Å². The molecule has 1 heterocycles. The Morgan fingerprint density at radius 3 is 2.60 bits per heavy atom. The van der Waals surface area contributed by atoms with E-state index in [9.17, 15) is 19.2 Å². The highest BCUT2D eigenvalue weighted by Crippen LogP contribution is 2.18. The first-order chi connectivity index (χ1) is 9.20. The van der Waals surface area contributed by atoms with Crippen molar-refractivity contribution in [3.8, 4) is 0 Å². The topological polar surface area (TPSA) is 125 Å². The highest BCUT2D eigenvalue weighted by molar-refractivity contribution is 6.06. The van der Waals surface area contributed by atoms with Crippen LogP contribution in [-0.4, -0.2) is 65.7 Å². The molecule has 1 rings (SSSR count). The van der Waals surface area contributed by atoms with E-state index in [1.54, 1.807) is 0 Å². The van der Waals surface area contributed by atoms with Crippen molar-refractivity contribution < 1.29 is 29.0 Å². The van der Waals surface area contributed by atoms with Crippen LogP contribution in [0.25, 0.3) is 0 Å². The molecule has 1 saturated heterocycles. The van der Waals surface area contributed by atoms with Crippen molar-refractivity contribution in [3.63, 3.8) is 0 Å². The quantitative estimate of drug-likeness (QED) is 0.542. The van der Waals surface area contributed by atoms with E-state index in [4.69, 9.17) is 5.11 Å². The first-order valence-corrected chi connectivity index (χ1v) is 5.84. The minimum absolute atomic E-state index is 0.227. The van der Waals surface area contributed by atoms with Gasteiger partial charge in [0, 0.05) is 7.11 Å². The van der Waals surface area contributed by atoms with Gasteiger partial charge in [0.25, 0.3) is 5.91 Å². The third-order valence-electron chi connectivity index (χ3n) is 2.96. The van der Waals surface area contributed by atoms with Crippen molar-refractivity contribution in [3.05, 3.63) is 0 Å². The van der Waals surface area contributed by atoms with Crippen LogP contribution in [0.1, 0.15) is 13.8 Å². The van der Waals surface area contributed by atoms with E-state index in [0.29, 0.717) is 0 Å². The Labute approximate surface area is 115 Å². The number of rotatable bonds is 4. The molecule has 9 nitrogen and oxygen atoms in total. The number of carbonyl (C=O) groups is 4. The summed E-state index contributed by atoms with van der Waals surface area (Å²) >= 11 is 0. The zero-order chi connectivity index (χ0) is 15.5. The zero-order valence-electron chi connectivity index (χ0n) is 11.4. The molecule has 0 saturated carbocycles. The van der Waals surface area contributed by atoms with E-state index < -0.39 is 35.4 Å². The number of hydrogen-bond acceptors (Lipinski definition) is 5. The molecule has 112 valence electrons. The first-order valence-electron chi connectivity index (χ1n) is 5.84. The monoisotopic (exact) mass is 287 g/mol. The maximum Gasteiger partial charge on any atom is 0.328 e. The van der Waals surface area contributed by atoms with Gasteiger partial charge in [0.1, 0.15) is 12.1 Å². The Kier molecular flexibility index (Phi) is 4.66. The van der Waals surface area contributed by atoms with Gasteiger partial charge in [0.15, 0.2) is 6.04 Å². The number of nitrogens with one attached hydrogen (secondary N) is 2. The molecule has 4 amide bonds. The van der Waals surface area contributed by atoms with Crippen LogP contribution in [0.2, 0.25) is 0 Å². The minimum Gasteiger partial charge on any atom is -0.480 e. The molecular weight excluding hydrogens is 270 g/mol. The summed E-state index contributed by atoms with van der Waals surface area (Å²) in [7, 11) is 1.30. The average molecular weight is 287 g/mol. The number of carboxylic acid groups (broad SMARTS) is 1. The molecule has 0 aromatic rings. The van der Waals surface area contributed by atoms with Crippen LogP contribution in [0.4, 0.5) is 4.79 Å². The minimum atomic E-state index is -1.27. The van der Waals surface area contributed by atoms with E-state index in [2.05, 4.69) is 15.4 Å². The number of hydrogen-bond donors (Lipinski definition) is 3. The molecule has 0 aliphatic carbocycles. The standard InChI is InChI=1S/C11H17N3O6/c1-11(2)9(18)13-7(15)4-14(11)10(19)12-6(5-20-3)8(16)17/h6H,4-5H2,1-3H3,(H,12,19)(H,16,17)(H,13,15,18). The van der Waals surface area contributed by atoms with Gasteiger partial charge in [-0.3, -0.25) is 14.9 Å². The predicted octanol–water partition coefficient (Wildman–Crippen LogP) is -1.47. The molecule has 0 spiro atoms. The second-order valence-electron chi connectivity index (χ2n) is 4.82. The highest BCUT2D eigenvalue weighted by atomic mass is 16.5. The number of imide groups is 1. The van der Waals surface area contributed by atoms with Crippen molar-refractivity contribution in [2.24, 2.45) is 0 Å². The molecule has 1 unspecified atom stereocenters. The van der Waals surface area contributed by atoms with E-state index in [1.807, 2.05) is 0 Å². The third kappa shape index (κ3) is 3.23.